The van der Waals surface area contributed by atoms with E-state index in [-0.39, 0.29) is 23.6 Å². The molecule has 0 bridgehead atoms. The number of rotatable bonds is 3. The number of carbonyl (C=O) groups excluding carboxylic acids is 1. The average Bonchev–Trinajstić information content (AvgIpc) is 2.40. The third-order valence-electron chi connectivity index (χ3n) is 3.52. The lowest BCUT2D eigenvalue weighted by Gasteiger charge is -2.26. The molecule has 0 amide bonds. The van der Waals surface area contributed by atoms with Crippen LogP contribution in [0.5, 0.6) is 0 Å². The number of halogens is 1. The number of pyridine rings is 1. The second kappa shape index (κ2) is 5.94. The van der Waals surface area contributed by atoms with Crippen molar-refractivity contribution in [3.05, 3.63) is 29.8 Å². The molecule has 1 fully saturated rings. The molecule has 3 nitrogen and oxygen atoms in total. The lowest BCUT2D eigenvalue weighted by Crippen LogP contribution is -2.23. The van der Waals surface area contributed by atoms with Gasteiger partial charge >= 0.3 is 5.97 Å². The monoisotopic (exact) mass is 251 g/mol. The van der Waals surface area contributed by atoms with Crippen molar-refractivity contribution in [3.63, 3.8) is 0 Å². The van der Waals surface area contributed by atoms with Crippen molar-refractivity contribution in [1.82, 2.24) is 4.98 Å². The number of esters is 1. The van der Waals surface area contributed by atoms with Crippen LogP contribution >= 0.6 is 0 Å². The maximum atomic E-state index is 13.6. The predicted molar refractivity (Wildman–Crippen MR) is 65.5 cm³/mol. The van der Waals surface area contributed by atoms with E-state index in [1.807, 2.05) is 6.92 Å². The molecule has 18 heavy (non-hydrogen) atoms. The Hall–Kier alpha value is -1.45. The minimum Gasteiger partial charge on any atom is -0.466 e. The second-order valence-corrected chi connectivity index (χ2v) is 4.67. The zero-order valence-corrected chi connectivity index (χ0v) is 10.6. The molecule has 0 saturated heterocycles. The first-order valence-corrected chi connectivity index (χ1v) is 6.49. The van der Waals surface area contributed by atoms with Crippen molar-refractivity contribution in [2.24, 2.45) is 5.92 Å². The molecule has 1 aromatic rings. The van der Waals surface area contributed by atoms with Crippen molar-refractivity contribution < 1.29 is 13.9 Å². The van der Waals surface area contributed by atoms with Crippen LogP contribution in [0.2, 0.25) is 0 Å². The van der Waals surface area contributed by atoms with Gasteiger partial charge in [-0.2, -0.15) is 0 Å². The number of nitrogens with zero attached hydrogens (tertiary/aromatic N) is 1. The van der Waals surface area contributed by atoms with Gasteiger partial charge in [0.1, 0.15) is 5.82 Å². The number of aromatic nitrogens is 1. The second-order valence-electron chi connectivity index (χ2n) is 4.67. The van der Waals surface area contributed by atoms with E-state index in [2.05, 4.69) is 4.98 Å². The Morgan fingerprint density at radius 2 is 2.17 bits per heavy atom. The molecule has 0 radical (unpaired) electrons. The van der Waals surface area contributed by atoms with E-state index in [1.165, 1.54) is 6.07 Å². The lowest BCUT2D eigenvalue weighted by molar-refractivity contribution is -0.149. The van der Waals surface area contributed by atoms with Gasteiger partial charge in [-0.25, -0.2) is 4.39 Å². The van der Waals surface area contributed by atoms with Gasteiger partial charge in [0.15, 0.2) is 0 Å². The van der Waals surface area contributed by atoms with Crippen LogP contribution < -0.4 is 0 Å². The fraction of sp³-hybridized carbons (Fsp3) is 0.571. The molecule has 2 rings (SSSR count). The third kappa shape index (κ3) is 2.86. The fourth-order valence-corrected chi connectivity index (χ4v) is 2.56. The molecule has 1 aromatic heterocycles. The van der Waals surface area contributed by atoms with Gasteiger partial charge < -0.3 is 4.74 Å². The fourth-order valence-electron chi connectivity index (χ4n) is 2.56. The van der Waals surface area contributed by atoms with Gasteiger partial charge in [-0.15, -0.1) is 0 Å². The predicted octanol–water partition coefficient (Wildman–Crippen LogP) is 3.06. The largest absolute Gasteiger partial charge is 0.466 e. The highest BCUT2D eigenvalue weighted by atomic mass is 19.1. The maximum Gasteiger partial charge on any atom is 0.308 e. The van der Waals surface area contributed by atoms with Crippen molar-refractivity contribution in [2.75, 3.05) is 6.61 Å². The van der Waals surface area contributed by atoms with Crippen LogP contribution in [0.25, 0.3) is 0 Å². The summed E-state index contributed by atoms with van der Waals surface area (Å²) in [5.41, 5.74) is 0.541. The average molecular weight is 251 g/mol. The van der Waals surface area contributed by atoms with Gasteiger partial charge in [-0.3, -0.25) is 9.78 Å². The van der Waals surface area contributed by atoms with Crippen molar-refractivity contribution in [2.45, 2.75) is 38.5 Å². The van der Waals surface area contributed by atoms with Crippen LogP contribution in [0.1, 0.15) is 44.2 Å². The SMILES string of the molecule is CCOC(=O)C1CCC(c2ncccc2F)CC1. The molecule has 1 aliphatic rings. The molecule has 4 heteroatoms. The normalized spacial score (nSPS) is 23.7. The summed E-state index contributed by atoms with van der Waals surface area (Å²) in [6.07, 6.45) is 4.75. The Morgan fingerprint density at radius 1 is 1.44 bits per heavy atom. The summed E-state index contributed by atoms with van der Waals surface area (Å²) in [6.45, 7) is 2.24. The summed E-state index contributed by atoms with van der Waals surface area (Å²) in [5.74, 6) is -0.237. The quantitative estimate of drug-likeness (QED) is 0.775. The Kier molecular flexibility index (Phi) is 4.28. The zero-order valence-electron chi connectivity index (χ0n) is 10.6. The van der Waals surface area contributed by atoms with Crippen molar-refractivity contribution in [3.8, 4) is 0 Å². The van der Waals surface area contributed by atoms with Gasteiger partial charge in [-0.1, -0.05) is 0 Å². The Balaban J connectivity index is 1.95. The minimum atomic E-state index is -0.239. The van der Waals surface area contributed by atoms with Gasteiger partial charge in [0.05, 0.1) is 18.2 Å². The molecule has 0 aromatic carbocycles. The van der Waals surface area contributed by atoms with Crippen LogP contribution in [-0.2, 0) is 9.53 Å². The van der Waals surface area contributed by atoms with Crippen LogP contribution in [0, 0.1) is 11.7 Å². The Labute approximate surface area is 106 Å². The van der Waals surface area contributed by atoms with E-state index >= 15 is 0 Å². The molecule has 0 aliphatic heterocycles. The van der Waals surface area contributed by atoms with Crippen molar-refractivity contribution in [1.29, 1.82) is 0 Å². The molecule has 98 valence electrons. The first-order chi connectivity index (χ1) is 8.72. The first kappa shape index (κ1) is 13.0. The topological polar surface area (TPSA) is 39.2 Å². The van der Waals surface area contributed by atoms with E-state index in [0.29, 0.717) is 12.3 Å². The molecule has 1 aliphatic carbocycles. The lowest BCUT2D eigenvalue weighted by atomic mass is 9.80. The Morgan fingerprint density at radius 3 is 2.78 bits per heavy atom. The van der Waals surface area contributed by atoms with E-state index < -0.39 is 0 Å². The van der Waals surface area contributed by atoms with Gasteiger partial charge in [0.2, 0.25) is 0 Å². The number of hydrogen-bond donors (Lipinski definition) is 0. The van der Waals surface area contributed by atoms with Gasteiger partial charge in [0, 0.05) is 12.1 Å². The molecule has 0 N–H and O–H groups in total. The molecule has 0 atom stereocenters. The van der Waals surface area contributed by atoms with Crippen LogP contribution in [-0.4, -0.2) is 17.6 Å². The van der Waals surface area contributed by atoms with Gasteiger partial charge in [-0.05, 0) is 44.7 Å². The minimum absolute atomic E-state index is 0.0204. The van der Waals surface area contributed by atoms with E-state index in [1.54, 1.807) is 12.3 Å². The summed E-state index contributed by atoms with van der Waals surface area (Å²) in [4.78, 5) is 15.7. The molecular formula is C14H18FNO2. The zero-order chi connectivity index (χ0) is 13.0. The summed E-state index contributed by atoms with van der Waals surface area (Å²) in [5, 5.41) is 0. The van der Waals surface area contributed by atoms with E-state index in [0.717, 1.165) is 25.7 Å². The molecular weight excluding hydrogens is 233 g/mol. The van der Waals surface area contributed by atoms with Crippen LogP contribution in [0.4, 0.5) is 4.39 Å². The van der Waals surface area contributed by atoms with E-state index in [9.17, 15) is 9.18 Å². The molecule has 1 saturated carbocycles. The molecule has 1 heterocycles. The Bertz CT molecular complexity index is 414. The first-order valence-electron chi connectivity index (χ1n) is 6.49. The van der Waals surface area contributed by atoms with Crippen LogP contribution in [0.3, 0.4) is 0 Å². The highest BCUT2D eigenvalue weighted by molar-refractivity contribution is 5.72. The summed E-state index contributed by atoms with van der Waals surface area (Å²) in [6, 6.07) is 3.04. The number of carbonyl (C=O) groups is 1. The van der Waals surface area contributed by atoms with Crippen LogP contribution in [0.15, 0.2) is 18.3 Å². The van der Waals surface area contributed by atoms with E-state index in [4.69, 9.17) is 4.74 Å². The van der Waals surface area contributed by atoms with Gasteiger partial charge in [0.25, 0.3) is 0 Å². The molecule has 0 unspecified atom stereocenters. The maximum absolute atomic E-state index is 13.6. The molecule has 0 spiro atoms. The summed E-state index contributed by atoms with van der Waals surface area (Å²) in [7, 11) is 0. The highest BCUT2D eigenvalue weighted by Crippen LogP contribution is 2.36. The summed E-state index contributed by atoms with van der Waals surface area (Å²) < 4.78 is 18.6. The smallest absolute Gasteiger partial charge is 0.308 e. The number of hydrogen-bond acceptors (Lipinski definition) is 3. The summed E-state index contributed by atoms with van der Waals surface area (Å²) >= 11 is 0. The third-order valence-corrected chi connectivity index (χ3v) is 3.52. The van der Waals surface area contributed by atoms with Crippen molar-refractivity contribution >= 4 is 5.97 Å². The number of ether oxygens (including phenoxy) is 1. The standard InChI is InChI=1S/C14H18FNO2/c1-2-18-14(17)11-7-5-10(6-8-11)13-12(15)4-3-9-16-13/h3-4,9-11H,2,5-8H2,1H3. The highest BCUT2D eigenvalue weighted by Gasteiger charge is 2.29.